The highest BCUT2D eigenvalue weighted by molar-refractivity contribution is 7.99. The van der Waals surface area contributed by atoms with E-state index < -0.39 is 0 Å². The van der Waals surface area contributed by atoms with Crippen LogP contribution >= 0.6 is 11.8 Å². The van der Waals surface area contributed by atoms with Crippen molar-refractivity contribution in [3.8, 4) is 0 Å². The molecule has 0 aliphatic carbocycles. The van der Waals surface area contributed by atoms with Crippen molar-refractivity contribution in [1.82, 2.24) is 9.80 Å². The van der Waals surface area contributed by atoms with Gasteiger partial charge in [0.1, 0.15) is 0 Å². The van der Waals surface area contributed by atoms with Gasteiger partial charge in [-0.25, -0.2) is 0 Å². The van der Waals surface area contributed by atoms with Crippen LogP contribution in [-0.4, -0.2) is 59.6 Å². The summed E-state index contributed by atoms with van der Waals surface area (Å²) in [5.41, 5.74) is 7.59. The van der Waals surface area contributed by atoms with Gasteiger partial charge in [0.05, 0.1) is 11.8 Å². The Morgan fingerprint density at radius 3 is 2.82 bits per heavy atom. The van der Waals surface area contributed by atoms with Gasteiger partial charge < -0.3 is 15.5 Å². The zero-order valence-corrected chi connectivity index (χ0v) is 13.8. The maximum Gasteiger partial charge on any atom is 0.229 e. The summed E-state index contributed by atoms with van der Waals surface area (Å²) in [6.45, 7) is 3.71. The van der Waals surface area contributed by atoms with Gasteiger partial charge >= 0.3 is 0 Å². The molecule has 0 spiro atoms. The number of likely N-dealkylation sites (tertiary alicyclic amines) is 1. The molecule has 2 atom stereocenters. The van der Waals surface area contributed by atoms with Gasteiger partial charge in [-0.1, -0.05) is 30.3 Å². The molecule has 0 bridgehead atoms. The van der Waals surface area contributed by atoms with Crippen LogP contribution in [0.1, 0.15) is 12.0 Å². The Labute approximate surface area is 137 Å². The Morgan fingerprint density at radius 2 is 2.09 bits per heavy atom. The fraction of sp³-hybridized carbons (Fsp3) is 0.588. The molecule has 2 saturated heterocycles. The lowest BCUT2D eigenvalue weighted by atomic mass is 9.91. The molecule has 2 aliphatic rings. The van der Waals surface area contributed by atoms with E-state index in [-0.39, 0.29) is 17.9 Å². The third-order valence-corrected chi connectivity index (χ3v) is 5.66. The fourth-order valence-electron chi connectivity index (χ4n) is 3.26. The van der Waals surface area contributed by atoms with Crippen LogP contribution in [-0.2, 0) is 11.2 Å². The number of amides is 1. The number of nitrogens with zero attached hydrogens (tertiary/aromatic N) is 2. The van der Waals surface area contributed by atoms with Gasteiger partial charge in [-0.05, 0) is 24.9 Å². The molecule has 3 rings (SSSR count). The van der Waals surface area contributed by atoms with Crippen LogP contribution in [0.15, 0.2) is 30.3 Å². The normalized spacial score (nSPS) is 26.3. The first kappa shape index (κ1) is 15.8. The minimum absolute atomic E-state index is 0.0195. The van der Waals surface area contributed by atoms with E-state index in [9.17, 15) is 4.79 Å². The van der Waals surface area contributed by atoms with Crippen molar-refractivity contribution < 1.29 is 4.79 Å². The first-order valence-corrected chi connectivity index (χ1v) is 9.28. The number of piperidine rings is 1. The molecular formula is C17H25N3OS. The highest BCUT2D eigenvalue weighted by Crippen LogP contribution is 2.22. The van der Waals surface area contributed by atoms with E-state index >= 15 is 0 Å². The first-order valence-electron chi connectivity index (χ1n) is 8.12. The lowest BCUT2D eigenvalue weighted by Crippen LogP contribution is -2.53. The second-order valence-electron chi connectivity index (χ2n) is 6.23. The highest BCUT2D eigenvalue weighted by atomic mass is 32.2. The third kappa shape index (κ3) is 3.83. The van der Waals surface area contributed by atoms with Crippen molar-refractivity contribution in [3.63, 3.8) is 0 Å². The molecule has 2 aliphatic heterocycles. The molecule has 1 amide bonds. The third-order valence-electron chi connectivity index (χ3n) is 4.69. The molecule has 5 heteroatoms. The number of nitrogens with two attached hydrogens (primary N) is 1. The minimum Gasteiger partial charge on any atom is -0.332 e. The van der Waals surface area contributed by atoms with E-state index in [2.05, 4.69) is 29.2 Å². The highest BCUT2D eigenvalue weighted by Gasteiger charge is 2.35. The van der Waals surface area contributed by atoms with Crippen LogP contribution in [0.2, 0.25) is 0 Å². The molecule has 4 nitrogen and oxygen atoms in total. The molecule has 0 saturated carbocycles. The van der Waals surface area contributed by atoms with Crippen molar-refractivity contribution in [2.45, 2.75) is 18.9 Å². The summed E-state index contributed by atoms with van der Waals surface area (Å²) in [5.74, 6) is 2.14. The van der Waals surface area contributed by atoms with Crippen molar-refractivity contribution in [2.24, 2.45) is 11.7 Å². The zero-order chi connectivity index (χ0) is 15.4. The zero-order valence-electron chi connectivity index (χ0n) is 13.0. The quantitative estimate of drug-likeness (QED) is 0.912. The van der Waals surface area contributed by atoms with Crippen LogP contribution in [0.25, 0.3) is 0 Å². The predicted molar refractivity (Wildman–Crippen MR) is 91.7 cm³/mol. The number of rotatable bonds is 4. The Morgan fingerprint density at radius 1 is 1.27 bits per heavy atom. The lowest BCUT2D eigenvalue weighted by Gasteiger charge is -2.37. The Hall–Kier alpha value is -1.04. The maximum absolute atomic E-state index is 12.6. The van der Waals surface area contributed by atoms with Gasteiger partial charge in [0, 0.05) is 31.4 Å². The van der Waals surface area contributed by atoms with Gasteiger partial charge in [0.15, 0.2) is 0 Å². The van der Waals surface area contributed by atoms with E-state index in [1.54, 1.807) is 0 Å². The molecule has 2 N–H and O–H groups in total. The van der Waals surface area contributed by atoms with Gasteiger partial charge in [0.25, 0.3) is 0 Å². The topological polar surface area (TPSA) is 49.6 Å². The number of hydrogen-bond acceptors (Lipinski definition) is 4. The van der Waals surface area contributed by atoms with Crippen molar-refractivity contribution in [1.29, 1.82) is 0 Å². The smallest absolute Gasteiger partial charge is 0.229 e. The molecule has 1 aromatic carbocycles. The molecule has 2 fully saturated rings. The van der Waals surface area contributed by atoms with Crippen molar-refractivity contribution in [3.05, 3.63) is 35.9 Å². The predicted octanol–water partition coefficient (Wildman–Crippen LogP) is 1.41. The van der Waals surface area contributed by atoms with Crippen molar-refractivity contribution >= 4 is 17.7 Å². The number of carbonyl (C=O) groups excluding carboxylic acids is 1. The summed E-state index contributed by atoms with van der Waals surface area (Å²) in [5, 5.41) is 0. The van der Waals surface area contributed by atoms with Gasteiger partial charge in [-0.3, -0.25) is 4.79 Å². The molecular weight excluding hydrogens is 294 g/mol. The SMILES string of the molecule is NC1CCN(CCc2ccccc2)CC1C(=O)N1CCSC1. The van der Waals surface area contributed by atoms with Crippen LogP contribution in [0.3, 0.4) is 0 Å². The molecule has 0 aromatic heterocycles. The molecule has 22 heavy (non-hydrogen) atoms. The summed E-state index contributed by atoms with van der Waals surface area (Å²) in [6, 6.07) is 10.6. The number of hydrogen-bond donors (Lipinski definition) is 1. The molecule has 1 aromatic rings. The lowest BCUT2D eigenvalue weighted by molar-refractivity contribution is -0.136. The summed E-state index contributed by atoms with van der Waals surface area (Å²) in [7, 11) is 0. The molecule has 0 radical (unpaired) electrons. The average molecular weight is 319 g/mol. The molecule has 2 heterocycles. The molecule has 2 unspecified atom stereocenters. The largest absolute Gasteiger partial charge is 0.332 e. The number of thioether (sulfide) groups is 1. The standard InChI is InChI=1S/C17H25N3OS/c18-16-7-9-19(8-6-14-4-2-1-3-5-14)12-15(16)17(21)20-10-11-22-13-20/h1-5,15-16H,6-13,18H2. The summed E-state index contributed by atoms with van der Waals surface area (Å²) in [4.78, 5) is 17.0. The van der Waals surface area contributed by atoms with E-state index in [0.29, 0.717) is 0 Å². The Balaban J connectivity index is 1.55. The number of carbonyl (C=O) groups is 1. The first-order chi connectivity index (χ1) is 10.7. The van der Waals surface area contributed by atoms with Gasteiger partial charge in [0.2, 0.25) is 5.91 Å². The summed E-state index contributed by atoms with van der Waals surface area (Å²) >= 11 is 1.83. The summed E-state index contributed by atoms with van der Waals surface area (Å²) < 4.78 is 0. The van der Waals surface area contributed by atoms with Gasteiger partial charge in [-0.15, -0.1) is 11.8 Å². The van der Waals surface area contributed by atoms with Crippen LogP contribution < -0.4 is 5.73 Å². The van der Waals surface area contributed by atoms with E-state index in [1.165, 1.54) is 5.56 Å². The van der Waals surface area contributed by atoms with Crippen molar-refractivity contribution in [2.75, 3.05) is 37.8 Å². The van der Waals surface area contributed by atoms with E-state index in [0.717, 1.165) is 50.7 Å². The van der Waals surface area contributed by atoms with Gasteiger partial charge in [-0.2, -0.15) is 0 Å². The van der Waals surface area contributed by atoms with Crippen LogP contribution in [0.4, 0.5) is 0 Å². The maximum atomic E-state index is 12.6. The average Bonchev–Trinajstić information content (AvgIpc) is 3.09. The van der Waals surface area contributed by atoms with Crippen LogP contribution in [0.5, 0.6) is 0 Å². The minimum atomic E-state index is -0.0248. The van der Waals surface area contributed by atoms with E-state index in [1.807, 2.05) is 22.7 Å². The van der Waals surface area contributed by atoms with Crippen LogP contribution in [0, 0.1) is 5.92 Å². The number of benzene rings is 1. The summed E-state index contributed by atoms with van der Waals surface area (Å²) in [6.07, 6.45) is 1.96. The molecule has 120 valence electrons. The van der Waals surface area contributed by atoms with E-state index in [4.69, 9.17) is 5.73 Å². The Kier molecular flexibility index (Phi) is 5.39. The monoisotopic (exact) mass is 319 g/mol. The Bertz CT molecular complexity index is 490. The fourth-order valence-corrected chi connectivity index (χ4v) is 4.21. The second-order valence-corrected chi connectivity index (χ2v) is 7.31. The second kappa shape index (κ2) is 7.49.